The second-order valence-electron chi connectivity index (χ2n) is 8.56. The minimum absolute atomic E-state index is 0.00302. The highest BCUT2D eigenvalue weighted by atomic mass is 19.1. The van der Waals surface area contributed by atoms with Gasteiger partial charge >= 0.3 is 0 Å². The molecule has 1 aromatic carbocycles. The first-order chi connectivity index (χ1) is 16.8. The average molecular weight is 487 g/mol. The molecule has 0 amide bonds. The number of ether oxygens (including phenoxy) is 1. The van der Waals surface area contributed by atoms with E-state index in [1.165, 1.54) is 6.07 Å². The van der Waals surface area contributed by atoms with Crippen LogP contribution in [0.4, 0.5) is 13.2 Å². The lowest BCUT2D eigenvalue weighted by Gasteiger charge is -2.35. The maximum Gasteiger partial charge on any atom is 0.259 e. The third-order valence-electron chi connectivity index (χ3n) is 6.24. The summed E-state index contributed by atoms with van der Waals surface area (Å²) < 4.78 is 50.2. The Labute approximate surface area is 202 Å². The average Bonchev–Trinajstić information content (AvgIpc) is 3.26. The van der Waals surface area contributed by atoms with Gasteiger partial charge in [0.2, 0.25) is 5.82 Å². The van der Waals surface area contributed by atoms with Gasteiger partial charge in [0.05, 0.1) is 11.6 Å². The second-order valence-corrected chi connectivity index (χ2v) is 8.56. The predicted octanol–water partition coefficient (Wildman–Crippen LogP) is 4.23. The largest absolute Gasteiger partial charge is 0.433 e. The Balaban J connectivity index is 1.58. The third kappa shape index (κ3) is 5.24. The number of hydrogen-bond donors (Lipinski definition) is 2. The molecule has 2 aromatic heterocycles. The first kappa shape index (κ1) is 24.9. The summed E-state index contributed by atoms with van der Waals surface area (Å²) in [5, 5.41) is 0.00302. The van der Waals surface area contributed by atoms with Crippen LogP contribution >= 0.6 is 0 Å². The van der Waals surface area contributed by atoms with E-state index in [0.29, 0.717) is 12.2 Å². The summed E-state index contributed by atoms with van der Waals surface area (Å²) in [4.78, 5) is 15.2. The molecule has 0 radical (unpaired) electrons. The summed E-state index contributed by atoms with van der Waals surface area (Å²) in [6.45, 7) is 12.7. The summed E-state index contributed by atoms with van der Waals surface area (Å²) in [6, 6.07) is 1.40. The molecule has 1 unspecified atom stereocenters. The van der Waals surface area contributed by atoms with Crippen LogP contribution in [0.1, 0.15) is 24.4 Å². The van der Waals surface area contributed by atoms with E-state index in [-0.39, 0.29) is 16.6 Å². The van der Waals surface area contributed by atoms with Crippen LogP contribution in [0.15, 0.2) is 42.8 Å². The fourth-order valence-corrected chi connectivity index (χ4v) is 4.27. The molecule has 35 heavy (non-hydrogen) atoms. The third-order valence-corrected chi connectivity index (χ3v) is 6.24. The van der Waals surface area contributed by atoms with Gasteiger partial charge in [-0.1, -0.05) is 25.7 Å². The number of nitrogens with one attached hydrogen (secondary N) is 1. The van der Waals surface area contributed by atoms with Gasteiger partial charge in [0.25, 0.3) is 5.88 Å². The fraction of sp³-hybridized carbons (Fsp3) is 0.360. The van der Waals surface area contributed by atoms with Crippen LogP contribution in [0, 0.1) is 24.4 Å². The van der Waals surface area contributed by atoms with Gasteiger partial charge in [-0.25, -0.2) is 13.8 Å². The van der Waals surface area contributed by atoms with Crippen molar-refractivity contribution >= 4 is 10.9 Å². The number of halogens is 3. The molecule has 0 bridgehead atoms. The van der Waals surface area contributed by atoms with Gasteiger partial charge in [0, 0.05) is 49.9 Å². The molecule has 186 valence electrons. The van der Waals surface area contributed by atoms with Crippen molar-refractivity contribution in [3.8, 4) is 11.6 Å². The Morgan fingerprint density at radius 1 is 1.17 bits per heavy atom. The monoisotopic (exact) mass is 486 g/mol. The van der Waals surface area contributed by atoms with E-state index >= 15 is 4.39 Å². The first-order valence-electron chi connectivity index (χ1n) is 11.5. The van der Waals surface area contributed by atoms with Crippen molar-refractivity contribution in [2.45, 2.75) is 19.9 Å². The number of aromatic amines is 1. The van der Waals surface area contributed by atoms with E-state index in [2.05, 4.69) is 38.3 Å². The van der Waals surface area contributed by atoms with Gasteiger partial charge in [-0.2, -0.15) is 9.37 Å². The molecular formula is C25H29F3N6O. The zero-order chi connectivity index (χ0) is 25.1. The number of hydrogen-bond acceptors (Lipinski definition) is 6. The number of aromatic nitrogens is 3. The molecule has 1 saturated heterocycles. The minimum Gasteiger partial charge on any atom is -0.433 e. The van der Waals surface area contributed by atoms with E-state index in [4.69, 9.17) is 10.5 Å². The molecule has 3 N–H and O–H groups in total. The maximum absolute atomic E-state index is 15.4. The molecule has 10 heteroatoms. The number of fused-ring (bicyclic) bond motifs is 1. The van der Waals surface area contributed by atoms with Crippen LogP contribution in [0.5, 0.6) is 11.6 Å². The van der Waals surface area contributed by atoms with Crippen molar-refractivity contribution < 1.29 is 17.9 Å². The summed E-state index contributed by atoms with van der Waals surface area (Å²) >= 11 is 0. The number of piperazine rings is 1. The van der Waals surface area contributed by atoms with Crippen molar-refractivity contribution in [1.82, 2.24) is 24.8 Å². The van der Waals surface area contributed by atoms with Gasteiger partial charge in [-0.05, 0) is 25.1 Å². The van der Waals surface area contributed by atoms with Gasteiger partial charge in [0.15, 0.2) is 17.4 Å². The predicted molar refractivity (Wildman–Crippen MR) is 129 cm³/mol. The number of H-pyrrole nitrogens is 1. The lowest BCUT2D eigenvalue weighted by molar-refractivity contribution is 0.144. The van der Waals surface area contributed by atoms with Crippen LogP contribution in [-0.2, 0) is 0 Å². The van der Waals surface area contributed by atoms with Crippen molar-refractivity contribution in [3.63, 3.8) is 0 Å². The van der Waals surface area contributed by atoms with E-state index in [1.54, 1.807) is 19.1 Å². The van der Waals surface area contributed by atoms with Crippen molar-refractivity contribution in [3.05, 3.63) is 71.6 Å². The number of rotatable bonds is 8. The molecule has 1 aliphatic rings. The number of likely N-dealkylation sites (N-methyl/N-ethyl adjacent to an activating group) is 1. The summed E-state index contributed by atoms with van der Waals surface area (Å²) in [6.07, 6.45) is 4.43. The van der Waals surface area contributed by atoms with Gasteiger partial charge in [-0.15, -0.1) is 0 Å². The topological polar surface area (TPSA) is 83.3 Å². The Hall–Kier alpha value is -3.21. The molecular weight excluding hydrogens is 457 g/mol. The van der Waals surface area contributed by atoms with Gasteiger partial charge in [-0.3, -0.25) is 4.90 Å². The molecule has 0 aliphatic carbocycles. The fourth-order valence-electron chi connectivity index (χ4n) is 4.27. The van der Waals surface area contributed by atoms with E-state index in [1.807, 2.05) is 0 Å². The first-order valence-corrected chi connectivity index (χ1v) is 11.5. The molecule has 3 heterocycles. The lowest BCUT2D eigenvalue weighted by atomic mass is 10.0. The van der Waals surface area contributed by atoms with Crippen LogP contribution in [0.3, 0.4) is 0 Å². The molecule has 1 aliphatic heterocycles. The molecule has 1 atom stereocenters. The summed E-state index contributed by atoms with van der Waals surface area (Å²) in [5.74, 6) is -3.51. The Bertz CT molecular complexity index is 1250. The van der Waals surface area contributed by atoms with Crippen molar-refractivity contribution in [1.29, 1.82) is 0 Å². The van der Waals surface area contributed by atoms with E-state index in [9.17, 15) is 8.78 Å². The second kappa shape index (κ2) is 10.6. The number of nitrogens with two attached hydrogens (primary N) is 1. The number of benzene rings is 1. The van der Waals surface area contributed by atoms with E-state index in [0.717, 1.165) is 50.7 Å². The Morgan fingerprint density at radius 2 is 1.89 bits per heavy atom. The highest BCUT2D eigenvalue weighted by Crippen LogP contribution is 2.34. The molecule has 1 fully saturated rings. The van der Waals surface area contributed by atoms with Gasteiger partial charge in [0.1, 0.15) is 12.0 Å². The number of nitrogens with zero attached hydrogens (tertiary/aromatic N) is 4. The van der Waals surface area contributed by atoms with Gasteiger partial charge < -0.3 is 20.4 Å². The SMILES string of the molecule is C=C/C=C(/CN1CCN(CC)CC1)C(N)c1ncnc(Oc2cc(F)c3[nH]c(C)cc3c2F)c1F. The van der Waals surface area contributed by atoms with Crippen LogP contribution in [0.2, 0.25) is 0 Å². The number of aryl methyl sites for hydroxylation is 1. The Morgan fingerprint density at radius 3 is 2.57 bits per heavy atom. The zero-order valence-electron chi connectivity index (χ0n) is 19.8. The quantitative estimate of drug-likeness (QED) is 0.464. The molecule has 3 aromatic rings. The molecule has 4 rings (SSSR count). The van der Waals surface area contributed by atoms with Crippen molar-refractivity contribution in [2.75, 3.05) is 39.3 Å². The highest BCUT2D eigenvalue weighted by Gasteiger charge is 2.25. The summed E-state index contributed by atoms with van der Waals surface area (Å²) in [7, 11) is 0. The normalized spacial score (nSPS) is 16.6. The highest BCUT2D eigenvalue weighted by molar-refractivity contribution is 5.83. The maximum atomic E-state index is 15.4. The molecule has 0 spiro atoms. The van der Waals surface area contributed by atoms with E-state index < -0.39 is 35.1 Å². The molecule has 7 nitrogen and oxygen atoms in total. The van der Waals surface area contributed by atoms with Crippen LogP contribution in [0.25, 0.3) is 10.9 Å². The zero-order valence-corrected chi connectivity index (χ0v) is 19.8. The standard InChI is InChI=1S/C25H29F3N6O/c1-4-6-16(13-34-9-7-33(5-2)8-10-34)22(29)24-21(28)25(31-14-30-24)35-19-12-18(26)23-17(20(19)27)11-15(3)32-23/h4,6,11-12,14,22,32H,1,5,7-10,13,29H2,2-3H3/b16-6-. The van der Waals surface area contributed by atoms with Crippen LogP contribution < -0.4 is 10.5 Å². The number of allylic oxidation sites excluding steroid dienone is 2. The molecule has 0 saturated carbocycles. The lowest BCUT2D eigenvalue weighted by Crippen LogP contribution is -2.47. The smallest absolute Gasteiger partial charge is 0.259 e. The summed E-state index contributed by atoms with van der Waals surface area (Å²) in [5.41, 5.74) is 7.62. The Kier molecular flexibility index (Phi) is 7.54. The minimum atomic E-state index is -0.934. The van der Waals surface area contributed by atoms with Crippen LogP contribution in [-0.4, -0.2) is 64.0 Å². The van der Waals surface area contributed by atoms with Crippen molar-refractivity contribution in [2.24, 2.45) is 5.73 Å².